The number of rotatable bonds is 6. The molecule has 1 fully saturated rings. The fourth-order valence-electron chi connectivity index (χ4n) is 2.90. The number of carbonyl (C=O) groups excluding carboxylic acids is 2. The topological polar surface area (TPSA) is 52.7 Å². The molecule has 0 saturated carbocycles. The highest BCUT2D eigenvalue weighted by atomic mass is 35.5. The average Bonchev–Trinajstić information content (AvgIpc) is 2.99. The largest absolute Gasteiger partial charge is 0.352 e. The monoisotopic (exact) mass is 337 g/mol. The van der Waals surface area contributed by atoms with Crippen molar-refractivity contribution in [3.05, 3.63) is 34.9 Å². The smallest absolute Gasteiger partial charge is 0.252 e. The third-order valence-electron chi connectivity index (χ3n) is 4.12. The maximum absolute atomic E-state index is 12.1. The van der Waals surface area contributed by atoms with Crippen LogP contribution >= 0.6 is 11.6 Å². The molecule has 0 radical (unpaired) electrons. The zero-order chi connectivity index (χ0) is 16.8. The SMILES string of the molecule is CN(C)C(=O)[C@H]1CCCN1CCCNC(=O)c1ccccc1Cl. The number of likely N-dealkylation sites (N-methyl/N-ethyl adjacent to an activating group) is 1. The summed E-state index contributed by atoms with van der Waals surface area (Å²) in [6.45, 7) is 2.33. The maximum atomic E-state index is 12.1. The molecule has 1 aliphatic heterocycles. The van der Waals surface area contributed by atoms with Crippen molar-refractivity contribution in [1.82, 2.24) is 15.1 Å². The van der Waals surface area contributed by atoms with Crippen molar-refractivity contribution in [1.29, 1.82) is 0 Å². The van der Waals surface area contributed by atoms with E-state index in [0.717, 1.165) is 32.4 Å². The highest BCUT2D eigenvalue weighted by molar-refractivity contribution is 6.33. The normalized spacial score (nSPS) is 18.0. The van der Waals surface area contributed by atoms with Gasteiger partial charge in [-0.15, -0.1) is 0 Å². The van der Waals surface area contributed by atoms with Gasteiger partial charge in [0.05, 0.1) is 16.6 Å². The highest BCUT2D eigenvalue weighted by Crippen LogP contribution is 2.19. The summed E-state index contributed by atoms with van der Waals surface area (Å²) in [6, 6.07) is 7.00. The predicted molar refractivity (Wildman–Crippen MR) is 91.7 cm³/mol. The Morgan fingerprint density at radius 2 is 2.09 bits per heavy atom. The van der Waals surface area contributed by atoms with Gasteiger partial charge in [-0.05, 0) is 37.9 Å². The van der Waals surface area contributed by atoms with Crippen LogP contribution in [0.1, 0.15) is 29.6 Å². The number of halogens is 1. The molecule has 0 spiro atoms. The van der Waals surface area contributed by atoms with Gasteiger partial charge in [-0.2, -0.15) is 0 Å². The molecule has 1 saturated heterocycles. The number of likely N-dealkylation sites (tertiary alicyclic amines) is 1. The summed E-state index contributed by atoms with van der Waals surface area (Å²) in [5.74, 6) is 0.0144. The van der Waals surface area contributed by atoms with Gasteiger partial charge < -0.3 is 10.2 Å². The molecule has 1 aromatic carbocycles. The lowest BCUT2D eigenvalue weighted by atomic mass is 10.2. The maximum Gasteiger partial charge on any atom is 0.252 e. The van der Waals surface area contributed by atoms with E-state index in [-0.39, 0.29) is 17.9 Å². The molecule has 5 nitrogen and oxygen atoms in total. The van der Waals surface area contributed by atoms with Crippen molar-refractivity contribution in [2.75, 3.05) is 33.7 Å². The molecule has 126 valence electrons. The Hall–Kier alpha value is -1.59. The second-order valence-corrected chi connectivity index (χ2v) is 6.42. The first-order valence-electron chi connectivity index (χ1n) is 7.98. The van der Waals surface area contributed by atoms with E-state index < -0.39 is 0 Å². The first-order valence-corrected chi connectivity index (χ1v) is 8.36. The fraction of sp³-hybridized carbons (Fsp3) is 0.529. The van der Waals surface area contributed by atoms with E-state index in [0.29, 0.717) is 17.1 Å². The van der Waals surface area contributed by atoms with Crippen LogP contribution in [0.25, 0.3) is 0 Å². The highest BCUT2D eigenvalue weighted by Gasteiger charge is 2.30. The summed E-state index contributed by atoms with van der Waals surface area (Å²) in [6.07, 6.45) is 2.78. The average molecular weight is 338 g/mol. The summed E-state index contributed by atoms with van der Waals surface area (Å²) >= 11 is 6.01. The third kappa shape index (κ3) is 4.69. The first kappa shape index (κ1) is 17.8. The van der Waals surface area contributed by atoms with E-state index in [1.54, 1.807) is 43.3 Å². The van der Waals surface area contributed by atoms with Crippen LogP contribution in [-0.4, -0.2) is 61.4 Å². The number of carbonyl (C=O) groups is 2. The molecule has 6 heteroatoms. The van der Waals surface area contributed by atoms with Crippen LogP contribution in [-0.2, 0) is 4.79 Å². The van der Waals surface area contributed by atoms with Crippen LogP contribution in [0.5, 0.6) is 0 Å². The van der Waals surface area contributed by atoms with Crippen molar-refractivity contribution in [3.8, 4) is 0 Å². The van der Waals surface area contributed by atoms with E-state index in [2.05, 4.69) is 10.2 Å². The van der Waals surface area contributed by atoms with Crippen LogP contribution in [0.2, 0.25) is 5.02 Å². The van der Waals surface area contributed by atoms with Crippen molar-refractivity contribution < 1.29 is 9.59 Å². The molecule has 1 aromatic rings. The minimum Gasteiger partial charge on any atom is -0.352 e. The zero-order valence-corrected chi connectivity index (χ0v) is 14.5. The van der Waals surface area contributed by atoms with Crippen molar-refractivity contribution >= 4 is 23.4 Å². The van der Waals surface area contributed by atoms with Crippen molar-refractivity contribution in [2.24, 2.45) is 0 Å². The standard InChI is InChI=1S/C17H24ClN3O2/c1-20(2)17(23)15-9-5-11-21(15)12-6-10-19-16(22)13-7-3-4-8-14(13)18/h3-4,7-8,15H,5-6,9-12H2,1-2H3,(H,19,22)/t15-/m1/s1. The number of hydrogen-bond acceptors (Lipinski definition) is 3. The molecule has 1 aliphatic rings. The first-order chi connectivity index (χ1) is 11.0. The quantitative estimate of drug-likeness (QED) is 0.808. The predicted octanol–water partition coefficient (Wildman–Crippen LogP) is 2.01. The van der Waals surface area contributed by atoms with E-state index in [1.165, 1.54) is 0 Å². The number of nitrogens with one attached hydrogen (secondary N) is 1. The third-order valence-corrected chi connectivity index (χ3v) is 4.45. The summed E-state index contributed by atoms with van der Waals surface area (Å²) in [4.78, 5) is 28.0. The zero-order valence-electron chi connectivity index (χ0n) is 13.7. The Morgan fingerprint density at radius 3 is 2.78 bits per heavy atom. The second kappa shape index (κ2) is 8.31. The van der Waals surface area contributed by atoms with Gasteiger partial charge in [0.2, 0.25) is 5.91 Å². The number of nitrogens with zero attached hydrogens (tertiary/aromatic N) is 2. The summed E-state index contributed by atoms with van der Waals surface area (Å²) in [5, 5.41) is 3.34. The second-order valence-electron chi connectivity index (χ2n) is 6.02. The molecule has 0 unspecified atom stereocenters. The van der Waals surface area contributed by atoms with Gasteiger partial charge in [-0.3, -0.25) is 14.5 Å². The van der Waals surface area contributed by atoms with E-state index in [9.17, 15) is 9.59 Å². The Kier molecular flexibility index (Phi) is 6.42. The molecule has 2 rings (SSSR count). The molecule has 1 heterocycles. The Bertz CT molecular complexity index is 563. The molecular formula is C17H24ClN3O2. The lowest BCUT2D eigenvalue weighted by molar-refractivity contribution is -0.133. The van der Waals surface area contributed by atoms with Crippen molar-refractivity contribution in [2.45, 2.75) is 25.3 Å². The van der Waals surface area contributed by atoms with Gasteiger partial charge in [0, 0.05) is 27.2 Å². The van der Waals surface area contributed by atoms with Gasteiger partial charge in [0.25, 0.3) is 5.91 Å². The molecule has 0 bridgehead atoms. The van der Waals surface area contributed by atoms with Crippen molar-refractivity contribution in [3.63, 3.8) is 0 Å². The summed E-state index contributed by atoms with van der Waals surface area (Å²) in [7, 11) is 3.59. The minimum atomic E-state index is -0.155. The van der Waals surface area contributed by atoms with E-state index in [4.69, 9.17) is 11.6 Å². The van der Waals surface area contributed by atoms with E-state index >= 15 is 0 Å². The van der Waals surface area contributed by atoms with Crippen LogP contribution in [0.3, 0.4) is 0 Å². The Morgan fingerprint density at radius 1 is 1.35 bits per heavy atom. The molecule has 0 aliphatic carbocycles. The molecule has 1 atom stereocenters. The number of hydrogen-bond donors (Lipinski definition) is 1. The van der Waals surface area contributed by atoms with Crippen LogP contribution in [0.4, 0.5) is 0 Å². The van der Waals surface area contributed by atoms with Gasteiger partial charge in [0.1, 0.15) is 0 Å². The van der Waals surface area contributed by atoms with Gasteiger partial charge in [-0.1, -0.05) is 23.7 Å². The molecule has 1 N–H and O–H groups in total. The lowest BCUT2D eigenvalue weighted by Crippen LogP contribution is -2.43. The van der Waals surface area contributed by atoms with Crippen LogP contribution in [0, 0.1) is 0 Å². The molecular weight excluding hydrogens is 314 g/mol. The summed E-state index contributed by atoms with van der Waals surface area (Å²) in [5.41, 5.74) is 0.496. The van der Waals surface area contributed by atoms with Crippen LogP contribution in [0.15, 0.2) is 24.3 Å². The number of amides is 2. The Balaban J connectivity index is 1.76. The van der Waals surface area contributed by atoms with E-state index in [1.807, 2.05) is 0 Å². The molecule has 2 amide bonds. The molecule has 23 heavy (non-hydrogen) atoms. The van der Waals surface area contributed by atoms with Gasteiger partial charge in [-0.25, -0.2) is 0 Å². The van der Waals surface area contributed by atoms with Crippen LogP contribution < -0.4 is 5.32 Å². The Labute approximate surface area is 142 Å². The van der Waals surface area contributed by atoms with Gasteiger partial charge >= 0.3 is 0 Å². The number of benzene rings is 1. The van der Waals surface area contributed by atoms with Gasteiger partial charge in [0.15, 0.2) is 0 Å². The molecule has 0 aromatic heterocycles. The fourth-order valence-corrected chi connectivity index (χ4v) is 3.12. The summed E-state index contributed by atoms with van der Waals surface area (Å²) < 4.78 is 0. The lowest BCUT2D eigenvalue weighted by Gasteiger charge is -2.26. The minimum absolute atomic E-state index is 0.00994.